The zero-order valence-corrected chi connectivity index (χ0v) is 12.3. The minimum absolute atomic E-state index is 0.195. The Morgan fingerprint density at radius 2 is 2.11 bits per heavy atom. The zero-order chi connectivity index (χ0) is 13.6. The van der Waals surface area contributed by atoms with E-state index in [4.69, 9.17) is 0 Å². The molecule has 0 saturated heterocycles. The fraction of sp³-hybridized carbons (Fsp3) is 0.692. The molecule has 0 radical (unpaired) electrons. The van der Waals surface area contributed by atoms with Crippen LogP contribution in [0.5, 0.6) is 0 Å². The number of nitrogens with one attached hydrogen (secondary N) is 1. The largest absolute Gasteiger partial charge is 0.353 e. The van der Waals surface area contributed by atoms with Crippen LogP contribution in [-0.4, -0.2) is 31.5 Å². The van der Waals surface area contributed by atoms with Gasteiger partial charge in [0, 0.05) is 31.2 Å². The first-order valence-corrected chi connectivity index (χ1v) is 8.59. The Labute approximate surface area is 110 Å². The van der Waals surface area contributed by atoms with Gasteiger partial charge in [0.05, 0.1) is 5.75 Å². The molecule has 0 amide bonds. The van der Waals surface area contributed by atoms with Crippen LogP contribution in [0.1, 0.15) is 38.3 Å². The van der Waals surface area contributed by atoms with Crippen LogP contribution in [0.4, 0.5) is 0 Å². The fourth-order valence-electron chi connectivity index (χ4n) is 1.89. The van der Waals surface area contributed by atoms with E-state index in [9.17, 15) is 8.42 Å². The summed E-state index contributed by atoms with van der Waals surface area (Å²) in [6.45, 7) is 5.84. The van der Waals surface area contributed by atoms with Crippen molar-refractivity contribution in [2.24, 2.45) is 0 Å². The van der Waals surface area contributed by atoms with Crippen LogP contribution in [0.25, 0.3) is 0 Å². The molecule has 0 bridgehead atoms. The van der Waals surface area contributed by atoms with Crippen molar-refractivity contribution in [3.05, 3.63) is 24.0 Å². The maximum atomic E-state index is 11.1. The summed E-state index contributed by atoms with van der Waals surface area (Å²) in [4.78, 5) is 0. The normalized spacial score (nSPS) is 13.7. The van der Waals surface area contributed by atoms with Gasteiger partial charge in [-0.1, -0.05) is 13.8 Å². The van der Waals surface area contributed by atoms with Crippen molar-refractivity contribution in [1.82, 2.24) is 9.88 Å². The summed E-state index contributed by atoms with van der Waals surface area (Å²) in [6.07, 6.45) is 7.43. The number of nitrogens with zero attached hydrogens (tertiary/aromatic N) is 1. The van der Waals surface area contributed by atoms with Crippen molar-refractivity contribution in [2.75, 3.05) is 18.6 Å². The first-order chi connectivity index (χ1) is 8.46. The minimum Gasteiger partial charge on any atom is -0.353 e. The molecule has 1 aromatic heterocycles. The molecular formula is C13H24N2O2S. The Morgan fingerprint density at radius 1 is 1.39 bits per heavy atom. The Morgan fingerprint density at radius 3 is 2.67 bits per heavy atom. The number of aryl methyl sites for hydroxylation is 1. The summed E-state index contributed by atoms with van der Waals surface area (Å²) in [5.74, 6) is 0.195. The van der Waals surface area contributed by atoms with Gasteiger partial charge < -0.3 is 9.88 Å². The Kier molecular flexibility index (Phi) is 5.88. The van der Waals surface area contributed by atoms with E-state index in [-0.39, 0.29) is 5.75 Å². The molecule has 1 heterocycles. The van der Waals surface area contributed by atoms with Crippen LogP contribution in [0.3, 0.4) is 0 Å². The molecule has 0 aliphatic rings. The molecule has 1 unspecified atom stereocenters. The number of aromatic nitrogens is 1. The topological polar surface area (TPSA) is 51.1 Å². The van der Waals surface area contributed by atoms with E-state index in [0.29, 0.717) is 12.6 Å². The van der Waals surface area contributed by atoms with Gasteiger partial charge in [-0.2, -0.15) is 0 Å². The first kappa shape index (κ1) is 15.2. The second-order valence-electron chi connectivity index (χ2n) is 4.73. The van der Waals surface area contributed by atoms with Crippen molar-refractivity contribution in [3.63, 3.8) is 0 Å². The highest BCUT2D eigenvalue weighted by atomic mass is 32.2. The lowest BCUT2D eigenvalue weighted by Crippen LogP contribution is -2.21. The summed E-state index contributed by atoms with van der Waals surface area (Å²) in [7, 11) is -2.89. The predicted molar refractivity (Wildman–Crippen MR) is 75.5 cm³/mol. The molecule has 4 nitrogen and oxygen atoms in total. The average molecular weight is 272 g/mol. The van der Waals surface area contributed by atoms with E-state index < -0.39 is 9.84 Å². The van der Waals surface area contributed by atoms with E-state index in [0.717, 1.165) is 19.4 Å². The summed E-state index contributed by atoms with van der Waals surface area (Å²) < 4.78 is 24.2. The van der Waals surface area contributed by atoms with Crippen molar-refractivity contribution in [2.45, 2.75) is 39.3 Å². The molecule has 1 N–H and O–H groups in total. The molecule has 1 rings (SSSR count). The molecular weight excluding hydrogens is 248 g/mol. The van der Waals surface area contributed by atoms with Gasteiger partial charge in [0.25, 0.3) is 0 Å². The molecule has 18 heavy (non-hydrogen) atoms. The zero-order valence-electron chi connectivity index (χ0n) is 11.5. The number of rotatable bonds is 8. The fourth-order valence-corrected chi connectivity index (χ4v) is 2.43. The van der Waals surface area contributed by atoms with Gasteiger partial charge in [-0.3, -0.25) is 0 Å². The Balaban J connectivity index is 2.60. The molecule has 0 aromatic carbocycles. The number of sulfone groups is 1. The third kappa shape index (κ3) is 5.23. The van der Waals surface area contributed by atoms with E-state index >= 15 is 0 Å². The minimum atomic E-state index is -2.89. The monoisotopic (exact) mass is 272 g/mol. The highest BCUT2D eigenvalue weighted by Gasteiger charge is 2.10. The van der Waals surface area contributed by atoms with Gasteiger partial charge in [0.2, 0.25) is 0 Å². The molecule has 1 aromatic rings. The number of hydrogen-bond acceptors (Lipinski definition) is 3. The lowest BCUT2D eigenvalue weighted by atomic mass is 10.1. The molecule has 0 spiro atoms. The van der Waals surface area contributed by atoms with Crippen LogP contribution in [-0.2, 0) is 16.4 Å². The van der Waals surface area contributed by atoms with Crippen molar-refractivity contribution in [3.8, 4) is 0 Å². The van der Waals surface area contributed by atoms with Crippen LogP contribution >= 0.6 is 0 Å². The Hall–Kier alpha value is -0.810. The third-order valence-electron chi connectivity index (χ3n) is 2.94. The predicted octanol–water partition coefficient (Wildman–Crippen LogP) is 1.98. The SMILES string of the molecule is CCCNC(CC)c1ccn(CCS(C)(=O)=O)c1. The molecule has 0 saturated carbocycles. The summed E-state index contributed by atoms with van der Waals surface area (Å²) in [5, 5.41) is 3.49. The molecule has 0 aliphatic heterocycles. The summed E-state index contributed by atoms with van der Waals surface area (Å²) in [5.41, 5.74) is 1.24. The highest BCUT2D eigenvalue weighted by Crippen LogP contribution is 2.16. The number of hydrogen-bond donors (Lipinski definition) is 1. The second kappa shape index (κ2) is 6.95. The first-order valence-electron chi connectivity index (χ1n) is 6.53. The van der Waals surface area contributed by atoms with Gasteiger partial charge in [0.1, 0.15) is 9.84 Å². The van der Waals surface area contributed by atoms with Gasteiger partial charge >= 0.3 is 0 Å². The molecule has 0 fully saturated rings. The van der Waals surface area contributed by atoms with Crippen LogP contribution in [0.2, 0.25) is 0 Å². The van der Waals surface area contributed by atoms with Crippen LogP contribution < -0.4 is 5.32 Å². The van der Waals surface area contributed by atoms with E-state index in [1.165, 1.54) is 11.8 Å². The third-order valence-corrected chi connectivity index (χ3v) is 3.87. The lowest BCUT2D eigenvalue weighted by Gasteiger charge is -2.15. The van der Waals surface area contributed by atoms with Crippen molar-refractivity contribution < 1.29 is 8.42 Å². The summed E-state index contributed by atoms with van der Waals surface area (Å²) in [6, 6.07) is 2.43. The quantitative estimate of drug-likeness (QED) is 0.787. The maximum absolute atomic E-state index is 11.1. The molecule has 5 heteroatoms. The molecule has 0 aliphatic carbocycles. The standard InChI is InChI=1S/C13H24N2O2S/c1-4-7-14-13(5-2)12-6-8-15(11-12)9-10-18(3,16)17/h6,8,11,13-14H,4-5,7,9-10H2,1-3H3. The van der Waals surface area contributed by atoms with E-state index in [2.05, 4.69) is 25.2 Å². The smallest absolute Gasteiger partial charge is 0.149 e. The van der Waals surface area contributed by atoms with Crippen LogP contribution in [0.15, 0.2) is 18.5 Å². The van der Waals surface area contributed by atoms with Gasteiger partial charge in [-0.05, 0) is 31.0 Å². The van der Waals surface area contributed by atoms with Crippen molar-refractivity contribution in [1.29, 1.82) is 0 Å². The van der Waals surface area contributed by atoms with E-state index in [1.54, 1.807) is 0 Å². The highest BCUT2D eigenvalue weighted by molar-refractivity contribution is 7.90. The second-order valence-corrected chi connectivity index (χ2v) is 6.99. The summed E-state index contributed by atoms with van der Waals surface area (Å²) >= 11 is 0. The Bertz CT molecular complexity index is 451. The lowest BCUT2D eigenvalue weighted by molar-refractivity contribution is 0.517. The van der Waals surface area contributed by atoms with Crippen LogP contribution in [0, 0.1) is 0 Å². The van der Waals surface area contributed by atoms with Gasteiger partial charge in [0.15, 0.2) is 0 Å². The van der Waals surface area contributed by atoms with E-state index in [1.807, 2.05) is 17.0 Å². The molecule has 104 valence electrons. The van der Waals surface area contributed by atoms with Gasteiger partial charge in [-0.15, -0.1) is 0 Å². The van der Waals surface area contributed by atoms with Gasteiger partial charge in [-0.25, -0.2) is 8.42 Å². The van der Waals surface area contributed by atoms with Crippen molar-refractivity contribution >= 4 is 9.84 Å². The maximum Gasteiger partial charge on any atom is 0.149 e. The molecule has 1 atom stereocenters. The average Bonchev–Trinajstić information content (AvgIpc) is 2.75.